The summed E-state index contributed by atoms with van der Waals surface area (Å²) in [6.07, 6.45) is 5.61. The summed E-state index contributed by atoms with van der Waals surface area (Å²) in [7, 11) is -5.81. The molecule has 6 amide bonds. The van der Waals surface area contributed by atoms with Crippen LogP contribution in [0, 0.1) is 5.92 Å². The number of unbranched alkanes of at least 4 members (excludes halogenated alkanes) is 2. The Morgan fingerprint density at radius 2 is 1.62 bits per heavy atom. The number of nitrogens with zero attached hydrogens (tertiary/aromatic N) is 5. The van der Waals surface area contributed by atoms with Gasteiger partial charge in [0.25, 0.3) is 0 Å². The van der Waals surface area contributed by atoms with Crippen molar-refractivity contribution in [3.05, 3.63) is 60.4 Å². The summed E-state index contributed by atoms with van der Waals surface area (Å²) in [5, 5.41) is 24.1. The lowest BCUT2D eigenvalue weighted by atomic mass is 10.0. The third kappa shape index (κ3) is 17.4. The number of carbonyl (C=O) groups is 6. The SMILES string of the molecule is CC(=O)N1CCC[C@H]1C(=O)N[C@@H](CC(C)C)C(=O)N[C@@H](Cc1cncn1CCCCCO/N=C/c1ccc(-c2ccc(S(=O)(=O)N(C)C)cc2)o1)C(=O)N[C@@H](CO)C(=O)N[C@H](C(N)=O)[C@@H](C)OP(=O)(O)O. The molecule has 25 nitrogen and oxygen atoms in total. The Morgan fingerprint density at radius 1 is 0.958 bits per heavy atom. The number of carbonyl (C=O) groups excluding carboxylic acids is 6. The first kappa shape index (κ1) is 57.6. The lowest BCUT2D eigenvalue weighted by Crippen LogP contribution is -2.61. The van der Waals surface area contributed by atoms with Crippen molar-refractivity contribution in [3.8, 4) is 11.3 Å². The molecule has 3 aromatic rings. The van der Waals surface area contributed by atoms with Gasteiger partial charge in [0.1, 0.15) is 54.6 Å². The molecule has 0 spiro atoms. The van der Waals surface area contributed by atoms with Crippen LogP contribution in [-0.4, -0.2) is 154 Å². The van der Waals surface area contributed by atoms with Crippen LogP contribution in [0.3, 0.4) is 0 Å². The molecule has 2 aromatic heterocycles. The number of phosphoric acid groups is 1. The zero-order valence-electron chi connectivity index (χ0n) is 40.4. The summed E-state index contributed by atoms with van der Waals surface area (Å²) in [6, 6.07) is 2.71. The lowest BCUT2D eigenvalue weighted by Gasteiger charge is -2.28. The summed E-state index contributed by atoms with van der Waals surface area (Å²) < 4.78 is 49.4. The van der Waals surface area contributed by atoms with Crippen molar-refractivity contribution in [2.45, 2.75) is 120 Å². The zero-order chi connectivity index (χ0) is 52.6. The second kappa shape index (κ2) is 26.4. The number of nitrogens with two attached hydrogens (primary N) is 1. The highest BCUT2D eigenvalue weighted by Gasteiger charge is 2.37. The zero-order valence-corrected chi connectivity index (χ0v) is 42.1. The van der Waals surface area contributed by atoms with Gasteiger partial charge in [0.2, 0.25) is 45.5 Å². The molecule has 0 saturated carbocycles. The Morgan fingerprint density at radius 3 is 2.24 bits per heavy atom. The first-order valence-electron chi connectivity index (χ1n) is 22.8. The predicted molar refractivity (Wildman–Crippen MR) is 255 cm³/mol. The van der Waals surface area contributed by atoms with E-state index in [4.69, 9.17) is 15.0 Å². The van der Waals surface area contributed by atoms with Gasteiger partial charge in [-0.25, -0.2) is 22.3 Å². The van der Waals surface area contributed by atoms with E-state index in [1.807, 2.05) is 13.8 Å². The van der Waals surface area contributed by atoms with Gasteiger partial charge in [0, 0.05) is 58.0 Å². The lowest BCUT2D eigenvalue weighted by molar-refractivity contribution is -0.139. The Bertz CT molecular complexity index is 2490. The molecule has 71 heavy (non-hydrogen) atoms. The highest BCUT2D eigenvalue weighted by Crippen LogP contribution is 2.38. The van der Waals surface area contributed by atoms with Crippen LogP contribution in [0.15, 0.2) is 63.4 Å². The number of aryl methyl sites for hydroxylation is 1. The van der Waals surface area contributed by atoms with Crippen molar-refractivity contribution in [2.24, 2.45) is 16.8 Å². The molecular formula is C44H65N10O15PS. The van der Waals surface area contributed by atoms with Crippen molar-refractivity contribution >= 4 is 59.5 Å². The van der Waals surface area contributed by atoms with Crippen molar-refractivity contribution in [2.75, 3.05) is 33.9 Å². The maximum atomic E-state index is 14.1. The molecular weight excluding hydrogens is 972 g/mol. The summed E-state index contributed by atoms with van der Waals surface area (Å²) in [6.45, 7) is 6.10. The Kier molecular flexibility index (Phi) is 21.4. The van der Waals surface area contributed by atoms with Crippen molar-refractivity contribution in [1.29, 1.82) is 0 Å². The molecule has 0 bridgehead atoms. The second-order valence-corrected chi connectivity index (χ2v) is 20.8. The Hall–Kier alpha value is -6.02. The number of hydrogen-bond donors (Lipinski definition) is 8. The fourth-order valence-corrected chi connectivity index (χ4v) is 9.02. The highest BCUT2D eigenvalue weighted by molar-refractivity contribution is 7.89. The number of nitrogens with one attached hydrogen (secondary N) is 4. The number of amides is 6. The minimum Gasteiger partial charge on any atom is -0.455 e. The van der Waals surface area contributed by atoms with Gasteiger partial charge in [-0.15, -0.1) is 0 Å². The number of aromatic nitrogens is 2. The monoisotopic (exact) mass is 1040 g/mol. The van der Waals surface area contributed by atoms with Crippen LogP contribution in [0.25, 0.3) is 11.3 Å². The van der Waals surface area contributed by atoms with E-state index in [1.54, 1.807) is 28.8 Å². The molecule has 1 aliphatic heterocycles. The summed E-state index contributed by atoms with van der Waals surface area (Å²) >= 11 is 0. The molecule has 6 atom stereocenters. The van der Waals surface area contributed by atoms with Crippen molar-refractivity contribution < 1.29 is 70.4 Å². The van der Waals surface area contributed by atoms with E-state index in [9.17, 15) is 56.6 Å². The molecule has 0 unspecified atom stereocenters. The average Bonchev–Trinajstić information content (AvgIpc) is 4.09. The Labute approximate surface area is 411 Å². The number of aliphatic hydroxyl groups is 1. The predicted octanol–water partition coefficient (Wildman–Crippen LogP) is 0.129. The number of hydrogen-bond acceptors (Lipinski definition) is 15. The second-order valence-electron chi connectivity index (χ2n) is 17.5. The van der Waals surface area contributed by atoms with Crippen LogP contribution in [0.2, 0.25) is 0 Å². The molecule has 9 N–H and O–H groups in total. The van der Waals surface area contributed by atoms with E-state index in [0.717, 1.165) is 11.2 Å². The van der Waals surface area contributed by atoms with Gasteiger partial charge < -0.3 is 60.6 Å². The topological polar surface area (TPSA) is 357 Å². The summed E-state index contributed by atoms with van der Waals surface area (Å²) in [5.74, 6) is -4.19. The fraction of sp³-hybridized carbons (Fsp3) is 0.545. The molecule has 0 radical (unpaired) electrons. The van der Waals surface area contributed by atoms with Crippen molar-refractivity contribution in [3.63, 3.8) is 0 Å². The van der Waals surface area contributed by atoms with E-state index in [1.165, 1.54) is 56.8 Å². The molecule has 1 saturated heterocycles. The maximum absolute atomic E-state index is 14.1. The van der Waals surface area contributed by atoms with Gasteiger partial charge in [0.05, 0.1) is 23.9 Å². The molecule has 1 aromatic carbocycles. The minimum absolute atomic E-state index is 0.124. The number of imidazole rings is 1. The first-order valence-corrected chi connectivity index (χ1v) is 25.8. The molecule has 392 valence electrons. The van der Waals surface area contributed by atoms with E-state index in [-0.39, 0.29) is 36.2 Å². The average molecular weight is 1040 g/mol. The summed E-state index contributed by atoms with van der Waals surface area (Å²) in [5.41, 5.74) is 6.51. The number of aliphatic hydroxyl groups excluding tert-OH is 1. The van der Waals surface area contributed by atoms with Gasteiger partial charge in [-0.3, -0.25) is 33.3 Å². The van der Waals surface area contributed by atoms with E-state index < -0.39 is 90.3 Å². The number of benzene rings is 1. The number of furan rings is 1. The normalized spacial score (nSPS) is 16.3. The highest BCUT2D eigenvalue weighted by atomic mass is 32.2. The standard InChI is InChI=1S/C44H65N10O15PS/c1-27(2)21-34(49-44(61)37-11-10-19-54(37)29(4)56)41(58)48-35(42(59)50-36(25-55)43(60)51-39(40(45)57)28(3)69-70(62,63)64)22-31-23-46-26-53(31)18-8-7-9-20-67-47-24-32-14-17-38(68-32)30-12-15-33(16-13-30)71(65,66)52(5)6/h12-17,23-24,26-28,34-37,39,55H,7-11,18-22,25H2,1-6H3,(H2,45,57)(H,48,58)(H,49,61)(H,50,59)(H,51,60)(H2,62,63,64)/b47-24+/t28-,34+,35+,36+,37+,39+/m1/s1. The largest absolute Gasteiger partial charge is 0.469 e. The molecule has 4 rings (SSSR count). The Balaban J connectivity index is 1.41. The number of likely N-dealkylation sites (tertiary alicyclic amines) is 1. The van der Waals surface area contributed by atoms with Gasteiger partial charge in [-0.1, -0.05) is 19.0 Å². The number of rotatable bonds is 28. The van der Waals surface area contributed by atoms with E-state index in [2.05, 4.69) is 35.9 Å². The quantitative estimate of drug-likeness (QED) is 0.0207. The number of sulfonamides is 1. The minimum atomic E-state index is -5.14. The van der Waals surface area contributed by atoms with Crippen LogP contribution in [0.4, 0.5) is 0 Å². The van der Waals surface area contributed by atoms with Crippen molar-refractivity contribution in [1.82, 2.24) is 40.0 Å². The van der Waals surface area contributed by atoms with E-state index in [0.29, 0.717) is 68.0 Å². The van der Waals surface area contributed by atoms with Gasteiger partial charge in [-0.2, -0.15) is 0 Å². The summed E-state index contributed by atoms with van der Waals surface area (Å²) in [4.78, 5) is 109. The van der Waals surface area contributed by atoms with Gasteiger partial charge >= 0.3 is 7.82 Å². The molecule has 1 fully saturated rings. The number of phosphoric ester groups is 1. The van der Waals surface area contributed by atoms with Crippen LogP contribution < -0.4 is 27.0 Å². The van der Waals surface area contributed by atoms with Crippen LogP contribution in [0.5, 0.6) is 0 Å². The number of primary amides is 1. The molecule has 0 aliphatic carbocycles. The molecule has 3 heterocycles. The van der Waals surface area contributed by atoms with E-state index >= 15 is 0 Å². The molecule has 27 heteroatoms. The van der Waals surface area contributed by atoms with Crippen LogP contribution in [-0.2, 0) is 65.7 Å². The smallest absolute Gasteiger partial charge is 0.455 e. The maximum Gasteiger partial charge on any atom is 0.469 e. The van der Waals surface area contributed by atoms with Crippen LogP contribution >= 0.6 is 7.82 Å². The first-order chi connectivity index (χ1) is 33.4. The van der Waals surface area contributed by atoms with Gasteiger partial charge in [-0.05, 0) is 87.8 Å². The molecule has 1 aliphatic rings. The third-order valence-corrected chi connectivity index (χ3v) is 13.7. The fourth-order valence-electron chi connectivity index (χ4n) is 7.56. The van der Waals surface area contributed by atoms with Gasteiger partial charge in [0.15, 0.2) is 0 Å². The third-order valence-electron chi connectivity index (χ3n) is 11.3. The number of oxime groups is 1. The van der Waals surface area contributed by atoms with Crippen LogP contribution in [0.1, 0.15) is 77.7 Å².